The molecule has 0 heterocycles. The van der Waals surface area contributed by atoms with E-state index in [0.29, 0.717) is 4.47 Å². The number of halogens is 5. The van der Waals surface area contributed by atoms with E-state index >= 15 is 0 Å². The Bertz CT molecular complexity index is 312. The van der Waals surface area contributed by atoms with Crippen LogP contribution in [0.1, 0.15) is 18.0 Å². The maximum Gasteiger partial charge on any atom is 0.132 e. The second kappa shape index (κ2) is 6.35. The summed E-state index contributed by atoms with van der Waals surface area (Å²) in [6, 6.07) is 1.28. The zero-order chi connectivity index (χ0) is 10.7. The standard InChI is InChI=1S/C9H9BrF3N.ClH/c10-5-3-6(12)9(7(13)4-5)8(14)1-2-11;/h3-4,8H,1-2,14H2;1H/t8-;/m1./s1. The van der Waals surface area contributed by atoms with E-state index in [1.54, 1.807) is 0 Å². The molecule has 1 rings (SSSR count). The Balaban J connectivity index is 0.00000196. The van der Waals surface area contributed by atoms with Crippen LogP contribution >= 0.6 is 28.3 Å². The molecule has 0 aliphatic heterocycles. The molecule has 0 unspecified atom stereocenters. The Morgan fingerprint density at radius 3 is 2.13 bits per heavy atom. The number of rotatable bonds is 3. The molecule has 0 aliphatic rings. The molecule has 1 aromatic rings. The second-order valence-corrected chi connectivity index (χ2v) is 3.78. The van der Waals surface area contributed by atoms with E-state index in [1.807, 2.05) is 0 Å². The Morgan fingerprint density at radius 1 is 1.27 bits per heavy atom. The predicted octanol–water partition coefficient (Wildman–Crippen LogP) is 3.51. The minimum absolute atomic E-state index is 0. The lowest BCUT2D eigenvalue weighted by molar-refractivity contribution is 0.425. The van der Waals surface area contributed by atoms with E-state index in [0.717, 1.165) is 12.1 Å². The average Bonchev–Trinajstić information content (AvgIpc) is 2.01. The van der Waals surface area contributed by atoms with Crippen molar-refractivity contribution in [3.63, 3.8) is 0 Å². The molecular formula is C9H10BrClF3N. The highest BCUT2D eigenvalue weighted by atomic mass is 79.9. The number of hydrogen-bond acceptors (Lipinski definition) is 1. The maximum absolute atomic E-state index is 13.2. The zero-order valence-electron chi connectivity index (χ0n) is 7.64. The third kappa shape index (κ3) is 3.66. The molecule has 0 aliphatic carbocycles. The van der Waals surface area contributed by atoms with Crippen molar-refractivity contribution in [2.24, 2.45) is 5.73 Å². The third-order valence-corrected chi connectivity index (χ3v) is 2.29. The molecule has 15 heavy (non-hydrogen) atoms. The molecule has 86 valence electrons. The summed E-state index contributed by atoms with van der Waals surface area (Å²) in [5.41, 5.74) is 5.16. The predicted molar refractivity (Wildman–Crippen MR) is 58.8 cm³/mol. The van der Waals surface area contributed by atoms with Gasteiger partial charge in [0.15, 0.2) is 0 Å². The molecule has 1 nitrogen and oxygen atoms in total. The van der Waals surface area contributed by atoms with Crippen molar-refractivity contribution in [3.05, 3.63) is 33.8 Å². The fourth-order valence-corrected chi connectivity index (χ4v) is 1.57. The van der Waals surface area contributed by atoms with Crippen LogP contribution in [0.3, 0.4) is 0 Å². The Hall–Kier alpha value is -0.260. The Kier molecular flexibility index (Phi) is 6.24. The molecule has 1 atom stereocenters. The zero-order valence-corrected chi connectivity index (χ0v) is 10.0. The van der Waals surface area contributed by atoms with Crippen molar-refractivity contribution >= 4 is 28.3 Å². The van der Waals surface area contributed by atoms with E-state index in [2.05, 4.69) is 15.9 Å². The van der Waals surface area contributed by atoms with Crippen molar-refractivity contribution in [2.45, 2.75) is 12.5 Å². The van der Waals surface area contributed by atoms with Crippen molar-refractivity contribution in [2.75, 3.05) is 6.67 Å². The van der Waals surface area contributed by atoms with Crippen molar-refractivity contribution < 1.29 is 13.2 Å². The fourth-order valence-electron chi connectivity index (χ4n) is 1.17. The molecule has 6 heteroatoms. The van der Waals surface area contributed by atoms with Gasteiger partial charge in [-0.05, 0) is 18.6 Å². The summed E-state index contributed by atoms with van der Waals surface area (Å²) in [7, 11) is 0. The van der Waals surface area contributed by atoms with Crippen LogP contribution in [0.2, 0.25) is 0 Å². The number of benzene rings is 1. The highest BCUT2D eigenvalue weighted by Gasteiger charge is 2.17. The quantitative estimate of drug-likeness (QED) is 0.908. The normalized spacial score (nSPS) is 12.1. The minimum Gasteiger partial charge on any atom is -0.324 e. The molecule has 0 radical (unpaired) electrons. The lowest BCUT2D eigenvalue weighted by Crippen LogP contribution is -2.15. The summed E-state index contributed by atoms with van der Waals surface area (Å²) in [5.74, 6) is -1.50. The summed E-state index contributed by atoms with van der Waals surface area (Å²) in [5, 5.41) is 0. The SMILES string of the molecule is Cl.N[C@H](CCF)c1c(F)cc(Br)cc1F. The lowest BCUT2D eigenvalue weighted by Gasteiger charge is -2.12. The highest BCUT2D eigenvalue weighted by Crippen LogP contribution is 2.25. The van der Waals surface area contributed by atoms with E-state index in [4.69, 9.17) is 5.73 Å². The number of nitrogens with two attached hydrogens (primary N) is 1. The van der Waals surface area contributed by atoms with Gasteiger partial charge in [0.05, 0.1) is 6.67 Å². The molecule has 0 spiro atoms. The molecule has 0 amide bonds. The topological polar surface area (TPSA) is 26.0 Å². The maximum atomic E-state index is 13.2. The van der Waals surface area contributed by atoms with Gasteiger partial charge in [0.25, 0.3) is 0 Å². The number of alkyl halides is 1. The molecule has 0 saturated carbocycles. The van der Waals surface area contributed by atoms with Gasteiger partial charge in [0, 0.05) is 16.1 Å². The van der Waals surface area contributed by atoms with Gasteiger partial charge in [-0.1, -0.05) is 15.9 Å². The van der Waals surface area contributed by atoms with Crippen molar-refractivity contribution in [1.82, 2.24) is 0 Å². The monoisotopic (exact) mass is 303 g/mol. The molecule has 0 aromatic heterocycles. The van der Waals surface area contributed by atoms with Crippen LogP contribution in [0.5, 0.6) is 0 Å². The first-order valence-electron chi connectivity index (χ1n) is 4.02. The van der Waals surface area contributed by atoms with Gasteiger partial charge in [0.1, 0.15) is 11.6 Å². The van der Waals surface area contributed by atoms with Gasteiger partial charge in [-0.2, -0.15) is 0 Å². The van der Waals surface area contributed by atoms with E-state index < -0.39 is 24.4 Å². The highest BCUT2D eigenvalue weighted by molar-refractivity contribution is 9.10. The third-order valence-electron chi connectivity index (χ3n) is 1.83. The molecule has 0 saturated heterocycles. The number of hydrogen-bond donors (Lipinski definition) is 1. The molecule has 0 fully saturated rings. The van der Waals surface area contributed by atoms with Crippen LogP contribution in [0.25, 0.3) is 0 Å². The molecule has 0 bridgehead atoms. The first-order valence-corrected chi connectivity index (χ1v) is 4.81. The first-order chi connectivity index (χ1) is 6.56. The van der Waals surface area contributed by atoms with Crippen LogP contribution in [0.4, 0.5) is 13.2 Å². The molecular weight excluding hydrogens is 294 g/mol. The molecule has 1 aromatic carbocycles. The Labute approximate surface area is 100 Å². The summed E-state index contributed by atoms with van der Waals surface area (Å²) in [6.07, 6.45) is -0.0878. The molecule has 2 N–H and O–H groups in total. The fraction of sp³-hybridized carbons (Fsp3) is 0.333. The average molecular weight is 305 g/mol. The van der Waals surface area contributed by atoms with Crippen LogP contribution in [-0.4, -0.2) is 6.67 Å². The van der Waals surface area contributed by atoms with Gasteiger partial charge >= 0.3 is 0 Å². The van der Waals surface area contributed by atoms with Gasteiger partial charge in [-0.15, -0.1) is 12.4 Å². The van der Waals surface area contributed by atoms with E-state index in [9.17, 15) is 13.2 Å². The smallest absolute Gasteiger partial charge is 0.132 e. The van der Waals surface area contributed by atoms with Crippen LogP contribution < -0.4 is 5.73 Å². The lowest BCUT2D eigenvalue weighted by atomic mass is 10.0. The summed E-state index contributed by atoms with van der Waals surface area (Å²) in [4.78, 5) is 0. The van der Waals surface area contributed by atoms with Crippen LogP contribution in [-0.2, 0) is 0 Å². The second-order valence-electron chi connectivity index (χ2n) is 2.87. The van der Waals surface area contributed by atoms with Gasteiger partial charge in [-0.3, -0.25) is 4.39 Å². The van der Waals surface area contributed by atoms with Crippen molar-refractivity contribution in [1.29, 1.82) is 0 Å². The van der Waals surface area contributed by atoms with Gasteiger partial charge < -0.3 is 5.73 Å². The first kappa shape index (κ1) is 14.7. The minimum atomic E-state index is -0.937. The van der Waals surface area contributed by atoms with E-state index in [1.165, 1.54) is 0 Å². The van der Waals surface area contributed by atoms with Crippen molar-refractivity contribution in [3.8, 4) is 0 Å². The van der Waals surface area contributed by atoms with Gasteiger partial charge in [-0.25, -0.2) is 8.78 Å². The Morgan fingerprint density at radius 2 is 1.73 bits per heavy atom. The summed E-state index contributed by atoms with van der Waals surface area (Å²) >= 11 is 2.94. The summed E-state index contributed by atoms with van der Waals surface area (Å²) in [6.45, 7) is -0.698. The largest absolute Gasteiger partial charge is 0.324 e. The van der Waals surface area contributed by atoms with Crippen LogP contribution in [0.15, 0.2) is 16.6 Å². The summed E-state index contributed by atoms with van der Waals surface area (Å²) < 4.78 is 38.7. The van der Waals surface area contributed by atoms with E-state index in [-0.39, 0.29) is 24.4 Å². The van der Waals surface area contributed by atoms with Crippen LogP contribution in [0, 0.1) is 11.6 Å². The van der Waals surface area contributed by atoms with Gasteiger partial charge in [0.2, 0.25) is 0 Å².